The Balaban J connectivity index is 1.85. The number of anilines is 1. The molecule has 0 aliphatic heterocycles. The summed E-state index contributed by atoms with van der Waals surface area (Å²) in [5.41, 5.74) is 2.58. The number of carbonyl (C=O) groups is 3. The summed E-state index contributed by atoms with van der Waals surface area (Å²) in [5.74, 6) is -1.02. The van der Waals surface area contributed by atoms with Crippen molar-refractivity contribution in [3.8, 4) is 0 Å². The summed E-state index contributed by atoms with van der Waals surface area (Å²) < 4.78 is 4.94. The predicted molar refractivity (Wildman–Crippen MR) is 86.6 cm³/mol. The maximum Gasteiger partial charge on any atom is 0.338 e. The summed E-state index contributed by atoms with van der Waals surface area (Å²) in [6.07, 6.45) is 1.61. The second kappa shape index (κ2) is 7.89. The van der Waals surface area contributed by atoms with Crippen LogP contribution in [0.3, 0.4) is 0 Å². The zero-order chi connectivity index (χ0) is 16.7. The van der Waals surface area contributed by atoms with E-state index in [-0.39, 0.29) is 12.2 Å². The van der Waals surface area contributed by atoms with E-state index in [0.717, 1.165) is 6.42 Å². The maximum atomic E-state index is 11.8. The molecule has 0 atom stereocenters. The number of esters is 1. The highest BCUT2D eigenvalue weighted by Gasteiger charge is 2.10. The molecule has 0 radical (unpaired) electrons. The molecule has 0 unspecified atom stereocenters. The fraction of sp³-hybridized carbons (Fsp3) is 0.167. The molecule has 5 heteroatoms. The average Bonchev–Trinajstić information content (AvgIpc) is 2.60. The van der Waals surface area contributed by atoms with Crippen molar-refractivity contribution in [2.75, 3.05) is 11.9 Å². The zero-order valence-corrected chi connectivity index (χ0v) is 12.7. The highest BCUT2D eigenvalue weighted by molar-refractivity contribution is 5.95. The molecule has 0 bridgehead atoms. The van der Waals surface area contributed by atoms with Crippen molar-refractivity contribution in [1.29, 1.82) is 0 Å². The fourth-order valence-electron chi connectivity index (χ4n) is 1.93. The molecule has 0 saturated carbocycles. The standard InChI is InChI=1S/C18H17NO4/c1-2-13-5-9-16(10-6-13)19-17(21)12-23-18(22)15-7-3-14(11-20)4-8-15/h3-11H,2,12H2,1H3,(H,19,21). The van der Waals surface area contributed by atoms with E-state index in [1.807, 2.05) is 12.1 Å². The molecule has 0 heterocycles. The number of benzene rings is 2. The van der Waals surface area contributed by atoms with Gasteiger partial charge in [0.25, 0.3) is 5.91 Å². The van der Waals surface area contributed by atoms with Crippen molar-refractivity contribution in [3.63, 3.8) is 0 Å². The van der Waals surface area contributed by atoms with E-state index in [0.29, 0.717) is 17.5 Å². The average molecular weight is 311 g/mol. The number of carbonyl (C=O) groups excluding carboxylic acids is 3. The van der Waals surface area contributed by atoms with Gasteiger partial charge in [-0.15, -0.1) is 0 Å². The van der Waals surface area contributed by atoms with Gasteiger partial charge in [-0.05, 0) is 36.2 Å². The molecule has 118 valence electrons. The Morgan fingerprint density at radius 2 is 1.70 bits per heavy atom. The summed E-state index contributed by atoms with van der Waals surface area (Å²) >= 11 is 0. The van der Waals surface area contributed by atoms with Crippen molar-refractivity contribution in [1.82, 2.24) is 0 Å². The number of rotatable bonds is 6. The Morgan fingerprint density at radius 1 is 1.04 bits per heavy atom. The van der Waals surface area contributed by atoms with E-state index >= 15 is 0 Å². The summed E-state index contributed by atoms with van der Waals surface area (Å²) in [7, 11) is 0. The lowest BCUT2D eigenvalue weighted by Crippen LogP contribution is -2.20. The zero-order valence-electron chi connectivity index (χ0n) is 12.7. The van der Waals surface area contributed by atoms with Crippen LogP contribution in [0.5, 0.6) is 0 Å². The smallest absolute Gasteiger partial charge is 0.338 e. The molecule has 1 amide bonds. The first kappa shape index (κ1) is 16.4. The van der Waals surface area contributed by atoms with Gasteiger partial charge in [-0.3, -0.25) is 9.59 Å². The third-order valence-corrected chi connectivity index (χ3v) is 3.26. The number of ether oxygens (including phenoxy) is 1. The van der Waals surface area contributed by atoms with Gasteiger partial charge in [-0.2, -0.15) is 0 Å². The second-order valence-corrected chi connectivity index (χ2v) is 4.91. The van der Waals surface area contributed by atoms with Crippen molar-refractivity contribution in [2.45, 2.75) is 13.3 Å². The van der Waals surface area contributed by atoms with E-state index in [1.54, 1.807) is 12.1 Å². The van der Waals surface area contributed by atoms with Crippen LogP contribution in [-0.4, -0.2) is 24.8 Å². The fourth-order valence-corrected chi connectivity index (χ4v) is 1.93. The Kier molecular flexibility index (Phi) is 5.63. The first-order chi connectivity index (χ1) is 11.1. The molecule has 2 aromatic rings. The second-order valence-electron chi connectivity index (χ2n) is 4.91. The molecule has 2 rings (SSSR count). The van der Waals surface area contributed by atoms with Gasteiger partial charge in [0.15, 0.2) is 6.61 Å². The SMILES string of the molecule is CCc1ccc(NC(=O)COC(=O)c2ccc(C=O)cc2)cc1. The minimum atomic E-state index is -0.612. The summed E-state index contributed by atoms with van der Waals surface area (Å²) in [6.45, 7) is 1.68. The molecule has 2 aromatic carbocycles. The lowest BCUT2D eigenvalue weighted by Gasteiger charge is -2.07. The topological polar surface area (TPSA) is 72.5 Å². The van der Waals surface area contributed by atoms with Crippen LogP contribution in [0.15, 0.2) is 48.5 Å². The van der Waals surface area contributed by atoms with Gasteiger partial charge in [-0.25, -0.2) is 4.79 Å². The number of aldehydes is 1. The lowest BCUT2D eigenvalue weighted by atomic mass is 10.1. The first-order valence-electron chi connectivity index (χ1n) is 7.23. The number of hydrogen-bond acceptors (Lipinski definition) is 4. The van der Waals surface area contributed by atoms with E-state index < -0.39 is 11.9 Å². The molecule has 0 fully saturated rings. The minimum absolute atomic E-state index is 0.288. The number of aryl methyl sites for hydroxylation is 1. The molecule has 1 N–H and O–H groups in total. The lowest BCUT2D eigenvalue weighted by molar-refractivity contribution is -0.119. The molecule has 5 nitrogen and oxygen atoms in total. The van der Waals surface area contributed by atoms with Gasteiger partial charge in [0.1, 0.15) is 6.29 Å². The Morgan fingerprint density at radius 3 is 2.26 bits per heavy atom. The highest BCUT2D eigenvalue weighted by atomic mass is 16.5. The molecule has 0 aliphatic rings. The monoisotopic (exact) mass is 311 g/mol. The molecular weight excluding hydrogens is 294 g/mol. The van der Waals surface area contributed by atoms with Crippen molar-refractivity contribution < 1.29 is 19.1 Å². The molecule has 0 aromatic heterocycles. The number of nitrogens with one attached hydrogen (secondary N) is 1. The number of amides is 1. The van der Waals surface area contributed by atoms with E-state index in [9.17, 15) is 14.4 Å². The third kappa shape index (κ3) is 4.78. The van der Waals surface area contributed by atoms with Gasteiger partial charge in [0.05, 0.1) is 5.56 Å². The van der Waals surface area contributed by atoms with Crippen molar-refractivity contribution in [3.05, 3.63) is 65.2 Å². The quantitative estimate of drug-likeness (QED) is 0.657. The summed E-state index contributed by atoms with van der Waals surface area (Å²) in [5, 5.41) is 2.66. The molecule has 0 saturated heterocycles. The largest absolute Gasteiger partial charge is 0.452 e. The van der Waals surface area contributed by atoms with Gasteiger partial charge in [0, 0.05) is 11.3 Å². The van der Waals surface area contributed by atoms with E-state index in [2.05, 4.69) is 12.2 Å². The van der Waals surface area contributed by atoms with Gasteiger partial charge in [-0.1, -0.05) is 31.2 Å². The van der Waals surface area contributed by atoms with Gasteiger partial charge in [0.2, 0.25) is 0 Å². The Labute approximate surface area is 134 Å². The third-order valence-electron chi connectivity index (χ3n) is 3.26. The maximum absolute atomic E-state index is 11.8. The van der Waals surface area contributed by atoms with Crippen LogP contribution in [0.1, 0.15) is 33.2 Å². The summed E-state index contributed by atoms with van der Waals surface area (Å²) in [4.78, 5) is 34.1. The molecule has 23 heavy (non-hydrogen) atoms. The summed E-state index contributed by atoms with van der Waals surface area (Å²) in [6, 6.07) is 13.4. The van der Waals surface area contributed by atoms with Crippen LogP contribution < -0.4 is 5.32 Å². The van der Waals surface area contributed by atoms with Gasteiger partial charge < -0.3 is 10.1 Å². The van der Waals surface area contributed by atoms with Crippen molar-refractivity contribution in [2.24, 2.45) is 0 Å². The first-order valence-corrected chi connectivity index (χ1v) is 7.23. The van der Waals surface area contributed by atoms with Crippen LogP contribution in [0.2, 0.25) is 0 Å². The van der Waals surface area contributed by atoms with E-state index in [4.69, 9.17) is 4.74 Å². The number of hydrogen-bond donors (Lipinski definition) is 1. The molecule has 0 spiro atoms. The highest BCUT2D eigenvalue weighted by Crippen LogP contribution is 2.10. The normalized spacial score (nSPS) is 9.96. The Hall–Kier alpha value is -2.95. The van der Waals surface area contributed by atoms with Crippen LogP contribution in [0, 0.1) is 0 Å². The van der Waals surface area contributed by atoms with Crippen LogP contribution in [0.4, 0.5) is 5.69 Å². The van der Waals surface area contributed by atoms with Crippen LogP contribution in [0.25, 0.3) is 0 Å². The minimum Gasteiger partial charge on any atom is -0.452 e. The van der Waals surface area contributed by atoms with E-state index in [1.165, 1.54) is 29.8 Å². The molecular formula is C18H17NO4. The Bertz CT molecular complexity index is 690. The van der Waals surface area contributed by atoms with Crippen LogP contribution >= 0.6 is 0 Å². The predicted octanol–water partition coefficient (Wildman–Crippen LogP) is 2.86. The molecule has 0 aliphatic carbocycles. The van der Waals surface area contributed by atoms with Crippen molar-refractivity contribution >= 4 is 23.9 Å². The van der Waals surface area contributed by atoms with Gasteiger partial charge >= 0.3 is 5.97 Å². The van der Waals surface area contributed by atoms with Crippen LogP contribution in [-0.2, 0) is 16.0 Å².